The summed E-state index contributed by atoms with van der Waals surface area (Å²) in [5.41, 5.74) is 4.73. The van der Waals surface area contributed by atoms with Crippen LogP contribution >= 0.6 is 23.4 Å². The van der Waals surface area contributed by atoms with E-state index in [4.69, 9.17) is 0 Å². The second-order valence-corrected chi connectivity index (χ2v) is 18.9. The minimum Gasteiger partial charge on any atom is -0.112 e. The predicted molar refractivity (Wildman–Crippen MR) is 168 cm³/mol. The Balaban J connectivity index is 0.000000125. The fourth-order valence-electron chi connectivity index (χ4n) is 7.24. The topological polar surface area (TPSA) is 0 Å². The minimum absolute atomic E-state index is 0. The lowest BCUT2D eigenvalue weighted by Crippen LogP contribution is -2.25. The smallest absolute Gasteiger partial charge is 0.00211 e. The number of hydrogen-bond donors (Lipinski definition) is 0. The van der Waals surface area contributed by atoms with Gasteiger partial charge >= 0.3 is 0 Å². The number of benzene rings is 2. The lowest BCUT2D eigenvalue weighted by Gasteiger charge is -2.41. The molecule has 2 unspecified atom stereocenters. The molecule has 1 aromatic heterocycles. The van der Waals surface area contributed by atoms with Crippen LogP contribution in [-0.4, -0.2) is 36.0 Å². The van der Waals surface area contributed by atoms with E-state index < -0.39 is 0 Å². The molecule has 4 fully saturated rings. The lowest BCUT2D eigenvalue weighted by atomic mass is 9.99. The summed E-state index contributed by atoms with van der Waals surface area (Å²) in [5, 5.41) is 5.95. The average Bonchev–Trinajstić information content (AvgIpc) is 3.26. The summed E-state index contributed by atoms with van der Waals surface area (Å²) in [6.07, 6.45) is 18.7. The van der Waals surface area contributed by atoms with E-state index in [0.717, 1.165) is 0 Å². The van der Waals surface area contributed by atoms with Crippen molar-refractivity contribution in [3.8, 4) is 0 Å². The van der Waals surface area contributed by atoms with E-state index in [1.807, 2.05) is 0 Å². The Labute approximate surface area is 219 Å². The summed E-state index contributed by atoms with van der Waals surface area (Å²) in [7, 11) is 0.844. The second kappa shape index (κ2) is 12.9. The number of fused-ring (bicyclic) bond motifs is 7. The zero-order chi connectivity index (χ0) is 23.5. The highest BCUT2D eigenvalue weighted by atomic mass is 31.1. The van der Waals surface area contributed by atoms with Gasteiger partial charge in [0.15, 0.2) is 0 Å². The molecule has 4 aliphatic heterocycles. The fourth-order valence-corrected chi connectivity index (χ4v) is 15.1. The molecule has 35 heavy (non-hydrogen) atoms. The van der Waals surface area contributed by atoms with Gasteiger partial charge in [0.1, 0.15) is 0 Å². The third-order valence-electron chi connectivity index (χ3n) is 9.43. The van der Waals surface area contributed by atoms with Gasteiger partial charge < -0.3 is 0 Å². The van der Waals surface area contributed by atoms with Crippen LogP contribution in [0.15, 0.2) is 48.5 Å². The van der Waals surface area contributed by atoms with Gasteiger partial charge in [-0.2, -0.15) is 0 Å². The van der Waals surface area contributed by atoms with Crippen molar-refractivity contribution in [1.29, 1.82) is 0 Å². The summed E-state index contributed by atoms with van der Waals surface area (Å²) < 4.78 is 0. The third-order valence-corrected chi connectivity index (χ3v) is 18.3. The molecular formula is C32H49P3. The Kier molecular flexibility index (Phi) is 10.2. The molecule has 7 rings (SSSR count). The molecular weight excluding hydrogens is 477 g/mol. The van der Waals surface area contributed by atoms with Gasteiger partial charge in [-0.3, -0.25) is 0 Å². The largest absolute Gasteiger partial charge is 0.112 e. The first-order valence-corrected chi connectivity index (χ1v) is 19.6. The molecule has 0 spiro atoms. The quantitative estimate of drug-likeness (QED) is 0.256. The van der Waals surface area contributed by atoms with Crippen LogP contribution in [0, 0.1) is 0 Å². The maximum absolute atomic E-state index is 2.54. The molecule has 2 atom stereocenters. The normalized spacial score (nSPS) is 31.4. The van der Waals surface area contributed by atoms with Crippen molar-refractivity contribution in [3.05, 3.63) is 48.5 Å². The van der Waals surface area contributed by atoms with Crippen LogP contribution in [0.5, 0.6) is 0 Å². The molecule has 3 aromatic rings. The zero-order valence-electron chi connectivity index (χ0n) is 21.8. The van der Waals surface area contributed by atoms with Crippen molar-refractivity contribution < 1.29 is 0 Å². The molecule has 0 aliphatic carbocycles. The Morgan fingerprint density at radius 1 is 0.486 bits per heavy atom. The van der Waals surface area contributed by atoms with Crippen LogP contribution in [0.1, 0.15) is 84.5 Å². The Morgan fingerprint density at radius 3 is 1.26 bits per heavy atom. The van der Waals surface area contributed by atoms with Crippen molar-refractivity contribution in [2.75, 3.05) is 13.3 Å². The summed E-state index contributed by atoms with van der Waals surface area (Å²) >= 11 is 0. The molecule has 5 heterocycles. The average molecular weight is 527 g/mol. The van der Waals surface area contributed by atoms with Gasteiger partial charge in [0.2, 0.25) is 0 Å². The molecule has 0 nitrogen and oxygen atoms in total. The van der Waals surface area contributed by atoms with E-state index in [0.29, 0.717) is 15.8 Å². The standard InChI is InChI=1S/C13H11P.2C9H17P.CH4/c1-14-12-8-4-2-6-10(12)11-7-3-5-9-13(11)14;1-10-8-4-2-5-9(10)7-3-6-8;1-10-8-4-2-3-5-9(10)7-6-8;/h2-9H,1H3;2*8-9H,2-7H2,1H3;1H4. The molecule has 192 valence electrons. The molecule has 0 amide bonds. The predicted octanol–water partition coefficient (Wildman–Crippen LogP) is 11.6. The minimum atomic E-state index is -0.0967. The third kappa shape index (κ3) is 6.19. The first kappa shape index (κ1) is 27.6. The first-order valence-electron chi connectivity index (χ1n) is 14.0. The van der Waals surface area contributed by atoms with E-state index in [9.17, 15) is 0 Å². The molecule has 3 heteroatoms. The lowest BCUT2D eigenvalue weighted by molar-refractivity contribution is 0.477. The van der Waals surface area contributed by atoms with Gasteiger partial charge in [0, 0.05) is 10.2 Å². The van der Waals surface area contributed by atoms with Crippen molar-refractivity contribution in [3.63, 3.8) is 0 Å². The zero-order valence-corrected chi connectivity index (χ0v) is 24.4. The fraction of sp³-hybridized carbons (Fsp3) is 0.625. The van der Waals surface area contributed by atoms with Crippen LogP contribution < -0.4 is 0 Å². The van der Waals surface area contributed by atoms with E-state index in [2.05, 4.69) is 68.5 Å². The van der Waals surface area contributed by atoms with E-state index >= 15 is 0 Å². The number of rotatable bonds is 0. The highest BCUT2D eigenvalue weighted by Crippen LogP contribution is 2.58. The van der Waals surface area contributed by atoms with Gasteiger partial charge in [0.25, 0.3) is 0 Å². The summed E-state index contributed by atoms with van der Waals surface area (Å²) in [5.74, 6) is 0. The van der Waals surface area contributed by atoms with Crippen LogP contribution in [0.25, 0.3) is 21.0 Å². The van der Waals surface area contributed by atoms with E-state index in [1.165, 1.54) is 56.5 Å². The monoisotopic (exact) mass is 526 g/mol. The molecule has 0 radical (unpaired) electrons. The van der Waals surface area contributed by atoms with Crippen LogP contribution in [0.4, 0.5) is 0 Å². The van der Waals surface area contributed by atoms with E-state index in [1.54, 1.807) is 64.2 Å². The highest BCUT2D eigenvalue weighted by molar-refractivity contribution is 7.60. The molecule has 0 N–H and O–H groups in total. The maximum atomic E-state index is 2.54. The van der Waals surface area contributed by atoms with Crippen molar-refractivity contribution in [2.24, 2.45) is 6.66 Å². The molecule has 2 aromatic carbocycles. The molecule has 4 saturated heterocycles. The van der Waals surface area contributed by atoms with E-state index in [-0.39, 0.29) is 15.0 Å². The number of aryl methyl sites for hydroxylation is 1. The van der Waals surface area contributed by atoms with Gasteiger partial charge in [-0.25, -0.2) is 0 Å². The van der Waals surface area contributed by atoms with Crippen LogP contribution in [0.3, 0.4) is 0 Å². The first-order chi connectivity index (χ1) is 16.6. The Bertz CT molecular complexity index is 968. The molecule has 4 bridgehead atoms. The van der Waals surface area contributed by atoms with Gasteiger partial charge in [-0.1, -0.05) is 81.6 Å². The second-order valence-electron chi connectivity index (χ2n) is 11.3. The van der Waals surface area contributed by atoms with Crippen molar-refractivity contribution >= 4 is 44.4 Å². The summed E-state index contributed by atoms with van der Waals surface area (Å²) in [4.78, 5) is 0. The Morgan fingerprint density at radius 2 is 0.829 bits per heavy atom. The summed E-state index contributed by atoms with van der Waals surface area (Å²) in [6, 6.07) is 17.5. The SMILES string of the molecule is C.CP1C2CCCC1CCC2.CP1C2CCCCC1CC2.Cp1c2ccccc2c2ccccc21. The Hall–Kier alpha value is -0.400. The van der Waals surface area contributed by atoms with Gasteiger partial charge in [-0.05, 0) is 105 Å². The van der Waals surface area contributed by atoms with Crippen LogP contribution in [-0.2, 0) is 6.66 Å². The number of hydrogen-bond acceptors (Lipinski definition) is 0. The van der Waals surface area contributed by atoms with Crippen LogP contribution in [0.2, 0.25) is 0 Å². The van der Waals surface area contributed by atoms with Gasteiger partial charge in [-0.15, -0.1) is 23.4 Å². The highest BCUT2D eigenvalue weighted by Gasteiger charge is 2.33. The summed E-state index contributed by atoms with van der Waals surface area (Å²) in [6.45, 7) is 7.44. The van der Waals surface area contributed by atoms with Gasteiger partial charge in [0.05, 0.1) is 0 Å². The maximum Gasteiger partial charge on any atom is 0.00211 e. The van der Waals surface area contributed by atoms with Crippen molar-refractivity contribution in [2.45, 2.75) is 107 Å². The molecule has 4 aliphatic rings. The molecule has 0 saturated carbocycles. The van der Waals surface area contributed by atoms with Crippen molar-refractivity contribution in [1.82, 2.24) is 0 Å².